The SMILES string of the molecule is Cn1nccc1[C@@H]1C[C@H](C(F)(F)F)CCN1[C@@H]1CCOc2cc(S(=O)(=O)Nc3ncns3)ccc21. The van der Waals surface area contributed by atoms with Crippen LogP contribution < -0.4 is 9.46 Å². The van der Waals surface area contributed by atoms with Crippen molar-refractivity contribution >= 4 is 26.7 Å². The minimum atomic E-state index is -4.26. The molecule has 2 aliphatic heterocycles. The molecular formula is C21H23F3N6O3S2. The van der Waals surface area contributed by atoms with Crippen LogP contribution in [0.25, 0.3) is 0 Å². The molecule has 1 aromatic carbocycles. The topological polar surface area (TPSA) is 102 Å². The smallest absolute Gasteiger partial charge is 0.391 e. The lowest BCUT2D eigenvalue weighted by atomic mass is 9.85. The summed E-state index contributed by atoms with van der Waals surface area (Å²) in [5.41, 5.74) is 1.47. The van der Waals surface area contributed by atoms with Crippen LogP contribution in [0.4, 0.5) is 18.3 Å². The van der Waals surface area contributed by atoms with Gasteiger partial charge in [0.1, 0.15) is 12.1 Å². The zero-order valence-electron chi connectivity index (χ0n) is 18.6. The summed E-state index contributed by atoms with van der Waals surface area (Å²) in [5, 5.41) is 4.32. The molecule has 3 atom stereocenters. The van der Waals surface area contributed by atoms with Gasteiger partial charge in [0.15, 0.2) is 0 Å². The van der Waals surface area contributed by atoms with Crippen molar-refractivity contribution in [3.63, 3.8) is 0 Å². The second-order valence-corrected chi connectivity index (χ2v) is 11.1. The summed E-state index contributed by atoms with van der Waals surface area (Å²) in [6.45, 7) is 0.574. The van der Waals surface area contributed by atoms with E-state index in [0.717, 1.165) is 17.1 Å². The number of hydrogen-bond acceptors (Lipinski definition) is 8. The summed E-state index contributed by atoms with van der Waals surface area (Å²) in [7, 11) is -2.18. The lowest BCUT2D eigenvalue weighted by Gasteiger charge is -2.45. The van der Waals surface area contributed by atoms with Crippen molar-refractivity contribution < 1.29 is 26.3 Å². The van der Waals surface area contributed by atoms with E-state index in [1.165, 1.54) is 18.5 Å². The number of hydrogen-bond donors (Lipinski definition) is 1. The van der Waals surface area contributed by atoms with Gasteiger partial charge in [-0.05, 0) is 25.0 Å². The van der Waals surface area contributed by atoms with Gasteiger partial charge in [0, 0.05) is 55.4 Å². The third-order valence-corrected chi connectivity index (χ3v) is 8.64. The van der Waals surface area contributed by atoms with Crippen LogP contribution in [0, 0.1) is 5.92 Å². The highest BCUT2D eigenvalue weighted by atomic mass is 32.2. The van der Waals surface area contributed by atoms with E-state index in [0.29, 0.717) is 24.5 Å². The van der Waals surface area contributed by atoms with Crippen LogP contribution in [0.5, 0.6) is 5.75 Å². The third kappa shape index (κ3) is 4.74. The van der Waals surface area contributed by atoms with Crippen LogP contribution in [0.1, 0.15) is 42.6 Å². The standard InChI is InChI=1S/C21H23F3N6O3S2/c1-29-17(4-7-26-29)18-10-13(21(22,23)24)5-8-30(18)16-6-9-33-19-11-14(2-3-15(16)19)35(31,32)28-20-25-12-27-34-20/h2-4,7,11-13,16,18H,5-6,8-10H2,1H3,(H,25,27,28)/t13-,16-,18+/m1/s1. The molecule has 1 fully saturated rings. The van der Waals surface area contributed by atoms with Gasteiger partial charge in [0.25, 0.3) is 10.0 Å². The van der Waals surface area contributed by atoms with E-state index >= 15 is 0 Å². The van der Waals surface area contributed by atoms with Gasteiger partial charge in [-0.15, -0.1) is 0 Å². The quantitative estimate of drug-likeness (QED) is 0.536. The number of likely N-dealkylation sites (tertiary alicyclic amines) is 1. The number of nitrogens with one attached hydrogen (secondary N) is 1. The maximum absolute atomic E-state index is 13.6. The molecule has 9 nitrogen and oxygen atoms in total. The molecule has 0 spiro atoms. The molecule has 188 valence electrons. The number of sulfonamides is 1. The van der Waals surface area contributed by atoms with E-state index in [1.807, 2.05) is 0 Å². The van der Waals surface area contributed by atoms with Gasteiger partial charge in [0.2, 0.25) is 5.13 Å². The monoisotopic (exact) mass is 528 g/mol. The average molecular weight is 529 g/mol. The second-order valence-electron chi connectivity index (χ2n) is 8.60. The molecular weight excluding hydrogens is 505 g/mol. The number of ether oxygens (including phenoxy) is 1. The summed E-state index contributed by atoms with van der Waals surface area (Å²) in [5.74, 6) is -0.986. The molecule has 14 heteroatoms. The molecule has 35 heavy (non-hydrogen) atoms. The summed E-state index contributed by atoms with van der Waals surface area (Å²) in [6, 6.07) is 5.66. The minimum absolute atomic E-state index is 0.00275. The third-order valence-electron chi connectivity index (χ3n) is 6.59. The molecule has 0 amide bonds. The Hall–Kier alpha value is -2.71. The highest BCUT2D eigenvalue weighted by Gasteiger charge is 2.47. The fourth-order valence-electron chi connectivity index (χ4n) is 4.91. The van der Waals surface area contributed by atoms with Crippen molar-refractivity contribution in [2.24, 2.45) is 13.0 Å². The van der Waals surface area contributed by atoms with Crippen LogP contribution in [0.3, 0.4) is 0 Å². The van der Waals surface area contributed by atoms with Crippen molar-refractivity contribution in [2.45, 2.75) is 42.4 Å². The van der Waals surface area contributed by atoms with E-state index in [9.17, 15) is 21.6 Å². The van der Waals surface area contributed by atoms with Gasteiger partial charge in [-0.3, -0.25) is 14.3 Å². The number of anilines is 1. The molecule has 0 aliphatic carbocycles. The van der Waals surface area contributed by atoms with Crippen LogP contribution >= 0.6 is 11.5 Å². The number of nitrogens with zero attached hydrogens (tertiary/aromatic N) is 5. The Morgan fingerprint density at radius 3 is 2.71 bits per heavy atom. The van der Waals surface area contributed by atoms with Gasteiger partial charge in [-0.2, -0.15) is 22.6 Å². The maximum Gasteiger partial charge on any atom is 0.391 e. The number of rotatable bonds is 5. The van der Waals surface area contributed by atoms with Gasteiger partial charge in [0.05, 0.1) is 29.2 Å². The zero-order chi connectivity index (χ0) is 24.8. The van der Waals surface area contributed by atoms with Gasteiger partial charge < -0.3 is 4.74 Å². The van der Waals surface area contributed by atoms with E-state index in [1.54, 1.807) is 30.1 Å². The number of benzene rings is 1. The highest BCUT2D eigenvalue weighted by molar-refractivity contribution is 7.93. The highest BCUT2D eigenvalue weighted by Crippen LogP contribution is 2.48. The Morgan fingerprint density at radius 2 is 2.03 bits per heavy atom. The number of fused-ring (bicyclic) bond motifs is 1. The van der Waals surface area contributed by atoms with E-state index < -0.39 is 28.2 Å². The molecule has 3 aromatic rings. The molecule has 4 heterocycles. The fourth-order valence-corrected chi connectivity index (χ4v) is 6.59. The van der Waals surface area contributed by atoms with Crippen molar-refractivity contribution in [3.8, 4) is 5.75 Å². The van der Waals surface area contributed by atoms with Crippen LogP contribution in [-0.2, 0) is 17.1 Å². The van der Waals surface area contributed by atoms with Crippen LogP contribution in [0.15, 0.2) is 41.7 Å². The predicted molar refractivity (Wildman–Crippen MR) is 121 cm³/mol. The first-order valence-electron chi connectivity index (χ1n) is 11.0. The summed E-state index contributed by atoms with van der Waals surface area (Å²) >= 11 is 0.918. The minimum Gasteiger partial charge on any atom is -0.493 e. The van der Waals surface area contributed by atoms with Crippen LogP contribution in [0.2, 0.25) is 0 Å². The predicted octanol–water partition coefficient (Wildman–Crippen LogP) is 3.91. The normalized spacial score (nSPS) is 23.5. The zero-order valence-corrected chi connectivity index (χ0v) is 20.3. The van der Waals surface area contributed by atoms with Crippen molar-refractivity contribution in [3.05, 3.63) is 48.0 Å². The number of aryl methyl sites for hydroxylation is 1. The number of aromatic nitrogens is 4. The summed E-state index contributed by atoms with van der Waals surface area (Å²) in [4.78, 5) is 5.93. The Labute approximate surface area is 204 Å². The summed E-state index contributed by atoms with van der Waals surface area (Å²) in [6.07, 6.45) is -0.905. The van der Waals surface area contributed by atoms with Gasteiger partial charge >= 0.3 is 6.18 Å². The molecule has 0 bridgehead atoms. The van der Waals surface area contributed by atoms with Crippen molar-refractivity contribution in [2.75, 3.05) is 17.9 Å². The summed E-state index contributed by atoms with van der Waals surface area (Å²) < 4.78 is 80.0. The molecule has 5 rings (SSSR count). The number of alkyl halides is 3. The van der Waals surface area contributed by atoms with E-state index in [-0.39, 0.29) is 35.5 Å². The van der Waals surface area contributed by atoms with Crippen molar-refractivity contribution in [1.82, 2.24) is 24.0 Å². The maximum atomic E-state index is 13.6. The molecule has 1 saturated heterocycles. The first-order valence-corrected chi connectivity index (χ1v) is 13.3. The lowest BCUT2D eigenvalue weighted by Crippen LogP contribution is -2.44. The first-order chi connectivity index (χ1) is 16.6. The van der Waals surface area contributed by atoms with Gasteiger partial charge in [-0.25, -0.2) is 13.4 Å². The van der Waals surface area contributed by atoms with E-state index in [4.69, 9.17) is 4.74 Å². The number of halogens is 3. The average Bonchev–Trinajstić information content (AvgIpc) is 3.48. The lowest BCUT2D eigenvalue weighted by molar-refractivity contribution is -0.192. The molecule has 0 saturated carbocycles. The molecule has 2 aliphatic rings. The number of piperidine rings is 1. The molecule has 1 N–H and O–H groups in total. The largest absolute Gasteiger partial charge is 0.493 e. The first kappa shape index (κ1) is 24.0. The van der Waals surface area contributed by atoms with E-state index in [2.05, 4.69) is 24.1 Å². The molecule has 0 unspecified atom stereocenters. The Bertz CT molecular complexity index is 1300. The fraction of sp³-hybridized carbons (Fsp3) is 0.476. The Balaban J connectivity index is 1.46. The van der Waals surface area contributed by atoms with Crippen LogP contribution in [-0.4, -0.2) is 51.8 Å². The second kappa shape index (κ2) is 9.06. The Kier molecular flexibility index (Phi) is 6.21. The Morgan fingerprint density at radius 1 is 1.20 bits per heavy atom. The van der Waals surface area contributed by atoms with Crippen molar-refractivity contribution in [1.29, 1.82) is 0 Å². The molecule has 2 aromatic heterocycles. The molecule has 0 radical (unpaired) electrons. The van der Waals surface area contributed by atoms with Gasteiger partial charge in [-0.1, -0.05) is 6.07 Å².